The summed E-state index contributed by atoms with van der Waals surface area (Å²) in [7, 11) is 1.55. The lowest BCUT2D eigenvalue weighted by Gasteiger charge is -2.07. The van der Waals surface area contributed by atoms with Crippen LogP contribution in [0.25, 0.3) is 0 Å². The summed E-state index contributed by atoms with van der Waals surface area (Å²) in [5.74, 6) is -0.418. The topological polar surface area (TPSA) is 76.1 Å². The number of rotatable bonds is 6. The molecule has 0 bridgehead atoms. The van der Waals surface area contributed by atoms with Gasteiger partial charge in [0, 0.05) is 19.3 Å². The van der Waals surface area contributed by atoms with Crippen LogP contribution in [0.4, 0.5) is 15.9 Å². The van der Waals surface area contributed by atoms with Crippen LogP contribution in [0.15, 0.2) is 30.6 Å². The minimum Gasteiger partial charge on any atom is -0.383 e. The number of hydrogen-bond donors (Lipinski definition) is 2. The second kappa shape index (κ2) is 7.67. The van der Waals surface area contributed by atoms with Gasteiger partial charge in [0.05, 0.1) is 24.0 Å². The standard InChI is InChI=1S/C14H14ClFN4O2/c1-22-5-4-17-14(21)12-7-19-13(8-18-12)20-9-2-3-11(16)10(15)6-9/h2-3,6-8H,4-5H2,1H3,(H,17,21)(H,19,20). The van der Waals surface area contributed by atoms with Gasteiger partial charge in [-0.3, -0.25) is 4.79 Å². The molecule has 8 heteroatoms. The Labute approximate surface area is 131 Å². The van der Waals surface area contributed by atoms with Crippen LogP contribution < -0.4 is 10.6 Å². The highest BCUT2D eigenvalue weighted by Gasteiger charge is 2.08. The number of aromatic nitrogens is 2. The molecule has 0 spiro atoms. The summed E-state index contributed by atoms with van der Waals surface area (Å²) in [6, 6.07) is 4.20. The molecule has 2 aromatic rings. The molecule has 0 radical (unpaired) electrons. The molecular weight excluding hydrogens is 311 g/mol. The zero-order chi connectivity index (χ0) is 15.9. The number of amides is 1. The van der Waals surface area contributed by atoms with Crippen molar-refractivity contribution < 1.29 is 13.9 Å². The van der Waals surface area contributed by atoms with Gasteiger partial charge in [0.1, 0.15) is 17.3 Å². The first-order valence-electron chi connectivity index (χ1n) is 6.41. The fraction of sp³-hybridized carbons (Fsp3) is 0.214. The number of halogens is 2. The molecule has 116 valence electrons. The van der Waals surface area contributed by atoms with Crippen molar-refractivity contribution in [3.8, 4) is 0 Å². The van der Waals surface area contributed by atoms with E-state index in [0.717, 1.165) is 0 Å². The Bertz CT molecular complexity index is 652. The van der Waals surface area contributed by atoms with Crippen molar-refractivity contribution in [2.24, 2.45) is 0 Å². The quantitative estimate of drug-likeness (QED) is 0.798. The zero-order valence-corrected chi connectivity index (χ0v) is 12.5. The van der Waals surface area contributed by atoms with Crippen molar-refractivity contribution in [3.63, 3.8) is 0 Å². The van der Waals surface area contributed by atoms with Crippen LogP contribution in [-0.2, 0) is 4.74 Å². The molecule has 1 aromatic heterocycles. The van der Waals surface area contributed by atoms with Crippen molar-refractivity contribution in [1.29, 1.82) is 0 Å². The maximum atomic E-state index is 13.1. The van der Waals surface area contributed by atoms with E-state index in [0.29, 0.717) is 24.7 Å². The Kier molecular flexibility index (Phi) is 5.62. The van der Waals surface area contributed by atoms with Crippen molar-refractivity contribution >= 4 is 29.0 Å². The summed E-state index contributed by atoms with van der Waals surface area (Å²) in [4.78, 5) is 19.8. The molecule has 1 aromatic carbocycles. The van der Waals surface area contributed by atoms with E-state index < -0.39 is 5.82 Å². The SMILES string of the molecule is COCCNC(=O)c1cnc(Nc2ccc(F)c(Cl)c2)cn1. The molecule has 0 aliphatic rings. The minimum atomic E-state index is -0.499. The molecule has 0 saturated heterocycles. The lowest BCUT2D eigenvalue weighted by atomic mass is 10.3. The van der Waals surface area contributed by atoms with E-state index in [1.807, 2.05) is 0 Å². The maximum absolute atomic E-state index is 13.1. The third kappa shape index (κ3) is 4.37. The Morgan fingerprint density at radius 2 is 2.18 bits per heavy atom. The third-order valence-corrected chi connectivity index (χ3v) is 2.96. The number of anilines is 2. The van der Waals surface area contributed by atoms with E-state index in [9.17, 15) is 9.18 Å². The lowest BCUT2D eigenvalue weighted by molar-refractivity contribution is 0.0932. The molecule has 0 fully saturated rings. The van der Waals surface area contributed by atoms with E-state index >= 15 is 0 Å². The van der Waals surface area contributed by atoms with Gasteiger partial charge in [-0.15, -0.1) is 0 Å². The number of methoxy groups -OCH3 is 1. The second-order valence-corrected chi connectivity index (χ2v) is 4.70. The number of ether oxygens (including phenoxy) is 1. The van der Waals surface area contributed by atoms with Crippen LogP contribution in [0.1, 0.15) is 10.5 Å². The van der Waals surface area contributed by atoms with Gasteiger partial charge in [-0.2, -0.15) is 0 Å². The molecule has 0 unspecified atom stereocenters. The number of benzene rings is 1. The maximum Gasteiger partial charge on any atom is 0.271 e. The van der Waals surface area contributed by atoms with E-state index in [1.54, 1.807) is 7.11 Å². The predicted octanol–water partition coefficient (Wildman–Crippen LogP) is 2.39. The number of carbonyl (C=O) groups excluding carboxylic acids is 1. The van der Waals surface area contributed by atoms with Crippen LogP contribution in [0.5, 0.6) is 0 Å². The lowest BCUT2D eigenvalue weighted by Crippen LogP contribution is -2.27. The van der Waals surface area contributed by atoms with Gasteiger partial charge in [-0.25, -0.2) is 14.4 Å². The van der Waals surface area contributed by atoms with Crippen molar-refractivity contribution in [2.45, 2.75) is 0 Å². The van der Waals surface area contributed by atoms with E-state index in [-0.39, 0.29) is 16.6 Å². The summed E-state index contributed by atoms with van der Waals surface area (Å²) < 4.78 is 17.9. The predicted molar refractivity (Wildman–Crippen MR) is 80.9 cm³/mol. The highest BCUT2D eigenvalue weighted by molar-refractivity contribution is 6.31. The van der Waals surface area contributed by atoms with Gasteiger partial charge in [0.2, 0.25) is 0 Å². The van der Waals surface area contributed by atoms with E-state index in [1.165, 1.54) is 30.6 Å². The fourth-order valence-electron chi connectivity index (χ4n) is 1.59. The summed E-state index contributed by atoms with van der Waals surface area (Å²) in [6.07, 6.45) is 2.75. The van der Waals surface area contributed by atoms with Crippen molar-refractivity contribution in [1.82, 2.24) is 15.3 Å². The molecule has 0 saturated carbocycles. The molecule has 2 N–H and O–H groups in total. The van der Waals surface area contributed by atoms with E-state index in [2.05, 4.69) is 20.6 Å². The Balaban J connectivity index is 1.99. The highest BCUT2D eigenvalue weighted by Crippen LogP contribution is 2.21. The molecule has 0 aliphatic carbocycles. The smallest absolute Gasteiger partial charge is 0.271 e. The van der Waals surface area contributed by atoms with Crippen LogP contribution >= 0.6 is 11.6 Å². The van der Waals surface area contributed by atoms with Gasteiger partial charge in [0.15, 0.2) is 0 Å². The average molecular weight is 325 g/mol. The van der Waals surface area contributed by atoms with Crippen molar-refractivity contribution in [2.75, 3.05) is 25.6 Å². The summed E-state index contributed by atoms with van der Waals surface area (Å²) >= 11 is 5.69. The number of nitrogens with one attached hydrogen (secondary N) is 2. The second-order valence-electron chi connectivity index (χ2n) is 4.29. The molecule has 0 aliphatic heterocycles. The van der Waals surface area contributed by atoms with Gasteiger partial charge in [-0.1, -0.05) is 11.6 Å². The zero-order valence-electron chi connectivity index (χ0n) is 11.8. The Hall–Kier alpha value is -2.25. The first-order chi connectivity index (χ1) is 10.6. The van der Waals surface area contributed by atoms with Gasteiger partial charge in [0.25, 0.3) is 5.91 Å². The largest absolute Gasteiger partial charge is 0.383 e. The monoisotopic (exact) mass is 324 g/mol. The Morgan fingerprint density at radius 1 is 1.36 bits per heavy atom. The molecule has 1 amide bonds. The Morgan fingerprint density at radius 3 is 2.82 bits per heavy atom. The highest BCUT2D eigenvalue weighted by atomic mass is 35.5. The first-order valence-corrected chi connectivity index (χ1v) is 6.79. The molecular formula is C14H14ClFN4O2. The average Bonchev–Trinajstić information content (AvgIpc) is 2.52. The fourth-order valence-corrected chi connectivity index (χ4v) is 1.77. The summed E-state index contributed by atoms with van der Waals surface area (Å²) in [5, 5.41) is 5.56. The first kappa shape index (κ1) is 16.1. The van der Waals surface area contributed by atoms with Gasteiger partial charge in [-0.05, 0) is 18.2 Å². The minimum absolute atomic E-state index is 0.00657. The van der Waals surface area contributed by atoms with E-state index in [4.69, 9.17) is 16.3 Å². The van der Waals surface area contributed by atoms with Crippen LogP contribution in [-0.4, -0.2) is 36.1 Å². The molecule has 6 nitrogen and oxygen atoms in total. The molecule has 1 heterocycles. The van der Waals surface area contributed by atoms with Crippen LogP contribution in [0.3, 0.4) is 0 Å². The molecule has 2 rings (SSSR count). The van der Waals surface area contributed by atoms with Crippen LogP contribution in [0.2, 0.25) is 5.02 Å². The number of nitrogens with zero attached hydrogens (tertiary/aromatic N) is 2. The summed E-state index contributed by atoms with van der Waals surface area (Å²) in [5.41, 5.74) is 0.761. The van der Waals surface area contributed by atoms with Gasteiger partial charge >= 0.3 is 0 Å². The van der Waals surface area contributed by atoms with Gasteiger partial charge < -0.3 is 15.4 Å². The summed E-state index contributed by atoms with van der Waals surface area (Å²) in [6.45, 7) is 0.815. The number of hydrogen-bond acceptors (Lipinski definition) is 5. The third-order valence-electron chi connectivity index (χ3n) is 2.67. The molecule has 22 heavy (non-hydrogen) atoms. The van der Waals surface area contributed by atoms with Crippen LogP contribution in [0, 0.1) is 5.82 Å². The molecule has 0 atom stereocenters. The normalized spacial score (nSPS) is 10.3. The van der Waals surface area contributed by atoms with Crippen molar-refractivity contribution in [3.05, 3.63) is 47.1 Å². The number of carbonyl (C=O) groups is 1.